The van der Waals surface area contributed by atoms with E-state index in [4.69, 9.17) is 4.74 Å². The van der Waals surface area contributed by atoms with E-state index in [1.165, 1.54) is 12.1 Å². The highest BCUT2D eigenvalue weighted by atomic mass is 19.1. The highest BCUT2D eigenvalue weighted by Gasteiger charge is 2.18. The van der Waals surface area contributed by atoms with E-state index in [9.17, 15) is 14.0 Å². The van der Waals surface area contributed by atoms with Crippen LogP contribution in [-0.2, 0) is 6.42 Å². The largest absolute Gasteiger partial charge is 0.491 e. The standard InChI is InChI=1S/C28H24FNO3/c1-2-3-12-33-28-22(18-32)15-25(24-7-5-4-6-21(24)17-31)26-14-20(16-30-27(26)28)13-19-8-10-23(29)11-9-19/h4-11,14-18H,2-3,12-13H2,1H3. The fourth-order valence-electron chi connectivity index (χ4n) is 3.89. The van der Waals surface area contributed by atoms with Gasteiger partial charge in [-0.2, -0.15) is 0 Å². The topological polar surface area (TPSA) is 56.3 Å². The van der Waals surface area contributed by atoms with Crippen molar-refractivity contribution in [1.82, 2.24) is 4.98 Å². The number of nitrogens with zero attached hydrogens (tertiary/aromatic N) is 1. The lowest BCUT2D eigenvalue weighted by atomic mass is 9.93. The monoisotopic (exact) mass is 441 g/mol. The molecule has 3 aromatic carbocycles. The van der Waals surface area contributed by atoms with Crippen molar-refractivity contribution in [3.05, 3.63) is 94.9 Å². The molecule has 0 radical (unpaired) electrons. The second-order valence-corrected chi connectivity index (χ2v) is 7.91. The number of unbranched alkanes of at least 4 members (excludes halogenated alkanes) is 1. The zero-order valence-corrected chi connectivity index (χ0v) is 18.4. The van der Waals surface area contributed by atoms with Crippen molar-refractivity contribution in [2.24, 2.45) is 0 Å². The van der Waals surface area contributed by atoms with Crippen LogP contribution in [-0.4, -0.2) is 24.2 Å². The lowest BCUT2D eigenvalue weighted by molar-refractivity contribution is 0.111. The van der Waals surface area contributed by atoms with Gasteiger partial charge in [-0.3, -0.25) is 14.6 Å². The Morgan fingerprint density at radius 1 is 0.909 bits per heavy atom. The van der Waals surface area contributed by atoms with Crippen LogP contribution in [0.5, 0.6) is 5.75 Å². The molecule has 4 rings (SSSR count). The summed E-state index contributed by atoms with van der Waals surface area (Å²) in [6.07, 6.45) is 5.72. The van der Waals surface area contributed by atoms with Crippen LogP contribution >= 0.6 is 0 Å². The number of carbonyl (C=O) groups excluding carboxylic acids is 2. The second-order valence-electron chi connectivity index (χ2n) is 7.91. The van der Waals surface area contributed by atoms with Gasteiger partial charge in [-0.1, -0.05) is 49.7 Å². The molecule has 0 unspecified atom stereocenters. The van der Waals surface area contributed by atoms with Crippen LogP contribution in [0.25, 0.3) is 22.0 Å². The number of aromatic nitrogens is 1. The number of ether oxygens (including phenoxy) is 1. The Kier molecular flexibility index (Phi) is 6.89. The number of benzene rings is 3. The summed E-state index contributed by atoms with van der Waals surface area (Å²) in [4.78, 5) is 28.4. The van der Waals surface area contributed by atoms with Gasteiger partial charge in [0.15, 0.2) is 18.3 Å². The molecule has 0 bridgehead atoms. The number of hydrogen-bond acceptors (Lipinski definition) is 4. The Morgan fingerprint density at radius 3 is 2.39 bits per heavy atom. The van der Waals surface area contributed by atoms with Gasteiger partial charge in [-0.25, -0.2) is 4.39 Å². The van der Waals surface area contributed by atoms with Gasteiger partial charge < -0.3 is 4.74 Å². The van der Waals surface area contributed by atoms with Crippen molar-refractivity contribution in [1.29, 1.82) is 0 Å². The third kappa shape index (κ3) is 4.82. The van der Waals surface area contributed by atoms with Crippen molar-refractivity contribution in [2.45, 2.75) is 26.2 Å². The molecule has 4 aromatic rings. The summed E-state index contributed by atoms with van der Waals surface area (Å²) in [6, 6.07) is 17.4. The van der Waals surface area contributed by atoms with Gasteiger partial charge in [0, 0.05) is 17.1 Å². The minimum absolute atomic E-state index is 0.279. The van der Waals surface area contributed by atoms with Gasteiger partial charge in [0.2, 0.25) is 0 Å². The quantitative estimate of drug-likeness (QED) is 0.222. The maximum Gasteiger partial charge on any atom is 0.156 e. The predicted octanol–water partition coefficient (Wildman–Crippen LogP) is 6.44. The number of hydrogen-bond donors (Lipinski definition) is 0. The van der Waals surface area contributed by atoms with E-state index < -0.39 is 0 Å². The van der Waals surface area contributed by atoms with Gasteiger partial charge in [0.05, 0.1) is 12.2 Å². The lowest BCUT2D eigenvalue weighted by Gasteiger charge is -2.16. The summed E-state index contributed by atoms with van der Waals surface area (Å²) in [7, 11) is 0. The molecule has 33 heavy (non-hydrogen) atoms. The van der Waals surface area contributed by atoms with E-state index >= 15 is 0 Å². The van der Waals surface area contributed by atoms with Crippen molar-refractivity contribution in [3.8, 4) is 16.9 Å². The SMILES string of the molecule is CCCCOc1c(C=O)cc(-c2ccccc2C=O)c2cc(Cc3ccc(F)cc3)cnc12. The third-order valence-corrected chi connectivity index (χ3v) is 5.58. The molecule has 0 aliphatic heterocycles. The average molecular weight is 442 g/mol. The number of halogens is 1. The molecule has 0 aliphatic rings. The maximum atomic E-state index is 13.3. The summed E-state index contributed by atoms with van der Waals surface area (Å²) in [5.41, 5.74) is 4.85. The van der Waals surface area contributed by atoms with E-state index in [-0.39, 0.29) is 5.82 Å². The van der Waals surface area contributed by atoms with Crippen LogP contribution in [0.3, 0.4) is 0 Å². The lowest BCUT2D eigenvalue weighted by Crippen LogP contribution is -2.03. The van der Waals surface area contributed by atoms with Crippen molar-refractivity contribution in [3.63, 3.8) is 0 Å². The summed E-state index contributed by atoms with van der Waals surface area (Å²) < 4.78 is 19.3. The highest BCUT2D eigenvalue weighted by molar-refractivity contribution is 6.05. The average Bonchev–Trinajstić information content (AvgIpc) is 2.85. The Balaban J connectivity index is 1.91. The predicted molar refractivity (Wildman–Crippen MR) is 128 cm³/mol. The van der Waals surface area contributed by atoms with Gasteiger partial charge in [-0.15, -0.1) is 0 Å². The van der Waals surface area contributed by atoms with Crippen LogP contribution in [0, 0.1) is 5.82 Å². The van der Waals surface area contributed by atoms with Crippen LogP contribution in [0.1, 0.15) is 51.6 Å². The van der Waals surface area contributed by atoms with Crippen LogP contribution in [0.4, 0.5) is 4.39 Å². The molecule has 0 N–H and O–H groups in total. The number of aldehydes is 2. The molecule has 0 amide bonds. The molecule has 0 saturated carbocycles. The fourth-order valence-corrected chi connectivity index (χ4v) is 3.89. The van der Waals surface area contributed by atoms with Crippen LogP contribution < -0.4 is 4.74 Å². The van der Waals surface area contributed by atoms with Crippen LogP contribution in [0.15, 0.2) is 66.9 Å². The second kappa shape index (κ2) is 10.2. The maximum absolute atomic E-state index is 13.3. The smallest absolute Gasteiger partial charge is 0.156 e. The van der Waals surface area contributed by atoms with Crippen LogP contribution in [0.2, 0.25) is 0 Å². The molecular formula is C28H24FNO3. The number of rotatable bonds is 9. The van der Waals surface area contributed by atoms with Gasteiger partial charge in [-0.05, 0) is 59.4 Å². The molecule has 1 heterocycles. The molecule has 4 nitrogen and oxygen atoms in total. The first kappa shape index (κ1) is 22.3. The first-order valence-electron chi connectivity index (χ1n) is 11.0. The van der Waals surface area contributed by atoms with Gasteiger partial charge >= 0.3 is 0 Å². The Morgan fingerprint density at radius 2 is 1.67 bits per heavy atom. The van der Waals surface area contributed by atoms with Gasteiger partial charge in [0.1, 0.15) is 11.3 Å². The summed E-state index contributed by atoms with van der Waals surface area (Å²) >= 11 is 0. The molecule has 0 atom stereocenters. The Hall–Kier alpha value is -3.86. The molecule has 0 aliphatic carbocycles. The minimum Gasteiger partial charge on any atom is -0.491 e. The van der Waals surface area contributed by atoms with E-state index in [1.54, 1.807) is 36.5 Å². The molecule has 1 aromatic heterocycles. The number of fused-ring (bicyclic) bond motifs is 1. The summed E-state index contributed by atoms with van der Waals surface area (Å²) in [5.74, 6) is 0.174. The van der Waals surface area contributed by atoms with Crippen molar-refractivity contribution < 1.29 is 18.7 Å². The molecular weight excluding hydrogens is 417 g/mol. The fraction of sp³-hybridized carbons (Fsp3) is 0.179. The summed E-state index contributed by atoms with van der Waals surface area (Å²) in [6.45, 7) is 2.55. The zero-order valence-electron chi connectivity index (χ0n) is 18.4. The minimum atomic E-state index is -0.279. The zero-order chi connectivity index (χ0) is 23.2. The molecule has 0 saturated heterocycles. The number of carbonyl (C=O) groups is 2. The molecule has 0 fully saturated rings. The summed E-state index contributed by atoms with van der Waals surface area (Å²) in [5, 5.41) is 0.793. The van der Waals surface area contributed by atoms with E-state index in [1.807, 2.05) is 18.2 Å². The van der Waals surface area contributed by atoms with Gasteiger partial charge in [0.25, 0.3) is 0 Å². The van der Waals surface area contributed by atoms with Crippen molar-refractivity contribution in [2.75, 3.05) is 6.61 Å². The third-order valence-electron chi connectivity index (χ3n) is 5.58. The molecule has 5 heteroatoms. The molecule has 0 spiro atoms. The normalized spacial score (nSPS) is 10.8. The highest BCUT2D eigenvalue weighted by Crippen LogP contribution is 2.38. The Bertz CT molecular complexity index is 1300. The van der Waals surface area contributed by atoms with E-state index in [0.717, 1.165) is 53.1 Å². The Labute approximate surface area is 192 Å². The first-order valence-corrected chi connectivity index (χ1v) is 11.0. The van der Waals surface area contributed by atoms with Crippen molar-refractivity contribution >= 4 is 23.5 Å². The first-order chi connectivity index (χ1) is 16.1. The molecule has 166 valence electrons. The number of pyridine rings is 1. The van der Waals surface area contributed by atoms with E-state index in [0.29, 0.717) is 35.4 Å². The van der Waals surface area contributed by atoms with E-state index in [2.05, 4.69) is 11.9 Å².